The van der Waals surface area contributed by atoms with Crippen LogP contribution in [0.2, 0.25) is 0 Å². The van der Waals surface area contributed by atoms with Gasteiger partial charge in [0.1, 0.15) is 5.75 Å². The van der Waals surface area contributed by atoms with Gasteiger partial charge in [-0.3, -0.25) is 14.2 Å². The predicted molar refractivity (Wildman–Crippen MR) is 142 cm³/mol. The number of para-hydroxylation sites is 1. The van der Waals surface area contributed by atoms with E-state index in [1.807, 2.05) is 31.2 Å². The number of carbonyl (C=O) groups excluding carboxylic acids is 2. The monoisotopic (exact) mass is 536 g/mol. The molecule has 1 unspecified atom stereocenters. The molecule has 0 N–H and O–H groups in total. The first-order valence-electron chi connectivity index (χ1n) is 12.1. The van der Waals surface area contributed by atoms with Crippen molar-refractivity contribution in [3.63, 3.8) is 0 Å². The first-order chi connectivity index (χ1) is 18.3. The molecule has 1 aliphatic rings. The zero-order chi connectivity index (χ0) is 27.4. The van der Waals surface area contributed by atoms with Gasteiger partial charge in [-0.2, -0.15) is 0 Å². The summed E-state index contributed by atoms with van der Waals surface area (Å²) in [5, 5.41) is 0. The summed E-state index contributed by atoms with van der Waals surface area (Å²) < 4.78 is 23.7. The Bertz CT molecular complexity index is 1600. The van der Waals surface area contributed by atoms with Gasteiger partial charge < -0.3 is 18.9 Å². The molecule has 198 valence electrons. The Hall–Kier alpha value is -4.18. The molecular weight excluding hydrogens is 508 g/mol. The summed E-state index contributed by atoms with van der Waals surface area (Å²) in [6.07, 6.45) is 1.76. The van der Waals surface area contributed by atoms with Gasteiger partial charge in [0, 0.05) is 12.5 Å². The number of rotatable bonds is 8. The van der Waals surface area contributed by atoms with Gasteiger partial charge in [-0.15, -0.1) is 0 Å². The largest absolute Gasteiger partial charge is 0.493 e. The number of allylic oxidation sites excluding steroid dienone is 1. The second-order valence-electron chi connectivity index (χ2n) is 8.28. The summed E-state index contributed by atoms with van der Waals surface area (Å²) >= 11 is 1.22. The number of ether oxygens (including phenoxy) is 4. The molecule has 2 heterocycles. The molecule has 10 heteroatoms. The lowest BCUT2D eigenvalue weighted by Crippen LogP contribution is -2.40. The number of methoxy groups -OCH3 is 1. The van der Waals surface area contributed by atoms with Gasteiger partial charge in [0.25, 0.3) is 5.56 Å². The van der Waals surface area contributed by atoms with E-state index in [0.717, 1.165) is 5.56 Å². The molecule has 4 rings (SSSR count). The fraction of sp³-hybridized carbons (Fsp3) is 0.286. The highest BCUT2D eigenvalue weighted by atomic mass is 32.1. The molecule has 0 radical (unpaired) electrons. The minimum Gasteiger partial charge on any atom is -0.493 e. The number of nitrogens with zero attached hydrogens (tertiary/aromatic N) is 2. The van der Waals surface area contributed by atoms with Crippen LogP contribution in [0.1, 0.15) is 44.9 Å². The molecule has 0 aliphatic carbocycles. The zero-order valence-electron chi connectivity index (χ0n) is 21.8. The first-order valence-corrected chi connectivity index (χ1v) is 12.9. The summed E-state index contributed by atoms with van der Waals surface area (Å²) in [6, 6.07) is 11.5. The first kappa shape index (κ1) is 26.9. The van der Waals surface area contributed by atoms with Crippen LogP contribution in [0.15, 0.2) is 63.5 Å². The highest BCUT2D eigenvalue weighted by molar-refractivity contribution is 7.07. The summed E-state index contributed by atoms with van der Waals surface area (Å²) in [4.78, 5) is 43.5. The molecular formula is C28H28N2O7S. The standard InChI is InChI=1S/C28H28N2O7S/c1-6-35-20-11-9-8-10-18(20)15-23-26(32)30-25(19-12-13-21(37-17(4)31)22(14-19)34-5)24(27(33)36-7-2)16(3)29-28(30)38-23/h8-15,25H,6-7H2,1-5H3/b23-15+. The Kier molecular flexibility index (Phi) is 8.11. The number of fused-ring (bicyclic) bond motifs is 1. The van der Waals surface area contributed by atoms with Crippen molar-refractivity contribution < 1.29 is 28.5 Å². The molecule has 9 nitrogen and oxygen atoms in total. The van der Waals surface area contributed by atoms with Crippen molar-refractivity contribution in [3.8, 4) is 17.2 Å². The van der Waals surface area contributed by atoms with Gasteiger partial charge in [0.05, 0.1) is 42.2 Å². The number of esters is 2. The van der Waals surface area contributed by atoms with Crippen molar-refractivity contribution in [1.82, 2.24) is 4.57 Å². The Labute approximate surface area is 223 Å². The van der Waals surface area contributed by atoms with E-state index in [0.29, 0.717) is 33.0 Å². The van der Waals surface area contributed by atoms with Crippen LogP contribution >= 0.6 is 11.3 Å². The average Bonchev–Trinajstić information content (AvgIpc) is 3.18. The Balaban J connectivity index is 1.95. The third kappa shape index (κ3) is 5.26. The minimum atomic E-state index is -0.838. The molecule has 1 aliphatic heterocycles. The number of hydrogen-bond donors (Lipinski definition) is 0. The Morgan fingerprint density at radius 3 is 2.53 bits per heavy atom. The van der Waals surface area contributed by atoms with E-state index in [1.165, 1.54) is 29.9 Å². The second-order valence-corrected chi connectivity index (χ2v) is 9.29. The number of benzene rings is 2. The number of hydrogen-bond acceptors (Lipinski definition) is 9. The lowest BCUT2D eigenvalue weighted by atomic mass is 9.95. The van der Waals surface area contributed by atoms with Crippen LogP contribution in [0, 0.1) is 0 Å². The summed E-state index contributed by atoms with van der Waals surface area (Å²) in [5.74, 6) is 0.0917. The SMILES string of the molecule is CCOC(=O)C1=C(C)N=c2s/c(=C/c3ccccc3OCC)c(=O)n2C1c1ccc(OC(C)=O)c(OC)c1. The fourth-order valence-electron chi connectivity index (χ4n) is 4.23. The molecule has 0 amide bonds. The molecule has 1 atom stereocenters. The van der Waals surface area contributed by atoms with E-state index in [9.17, 15) is 14.4 Å². The fourth-order valence-corrected chi connectivity index (χ4v) is 5.27. The van der Waals surface area contributed by atoms with E-state index in [2.05, 4.69) is 4.99 Å². The smallest absolute Gasteiger partial charge is 0.338 e. The van der Waals surface area contributed by atoms with Crippen LogP contribution in [0.25, 0.3) is 6.08 Å². The molecule has 3 aromatic rings. The average molecular weight is 537 g/mol. The van der Waals surface area contributed by atoms with Crippen molar-refractivity contribution in [3.05, 3.63) is 84.5 Å². The van der Waals surface area contributed by atoms with E-state index in [-0.39, 0.29) is 29.2 Å². The highest BCUT2D eigenvalue weighted by Gasteiger charge is 2.34. The molecule has 2 aromatic carbocycles. The normalized spacial score (nSPS) is 15.0. The van der Waals surface area contributed by atoms with Crippen molar-refractivity contribution in [1.29, 1.82) is 0 Å². The topological polar surface area (TPSA) is 105 Å². The Morgan fingerprint density at radius 1 is 1.08 bits per heavy atom. The van der Waals surface area contributed by atoms with Gasteiger partial charge in [-0.05, 0) is 50.6 Å². The van der Waals surface area contributed by atoms with Crippen LogP contribution in [0.5, 0.6) is 17.2 Å². The molecule has 38 heavy (non-hydrogen) atoms. The molecule has 0 fully saturated rings. The van der Waals surface area contributed by atoms with Gasteiger partial charge in [0.15, 0.2) is 16.3 Å². The maximum Gasteiger partial charge on any atom is 0.338 e. The van der Waals surface area contributed by atoms with Gasteiger partial charge in [0.2, 0.25) is 0 Å². The molecule has 0 spiro atoms. The van der Waals surface area contributed by atoms with E-state index in [1.54, 1.807) is 38.1 Å². The number of aromatic nitrogens is 1. The maximum atomic E-state index is 13.8. The van der Waals surface area contributed by atoms with Crippen LogP contribution in [-0.2, 0) is 14.3 Å². The second kappa shape index (κ2) is 11.5. The summed E-state index contributed by atoms with van der Waals surface area (Å²) in [5.41, 5.74) is 1.69. The number of thiazole rings is 1. The van der Waals surface area contributed by atoms with Crippen molar-refractivity contribution in [2.24, 2.45) is 4.99 Å². The van der Waals surface area contributed by atoms with Crippen molar-refractivity contribution in [2.45, 2.75) is 33.7 Å². The molecule has 0 bridgehead atoms. The zero-order valence-corrected chi connectivity index (χ0v) is 22.6. The van der Waals surface area contributed by atoms with Crippen LogP contribution in [0.4, 0.5) is 0 Å². The van der Waals surface area contributed by atoms with Crippen LogP contribution in [0.3, 0.4) is 0 Å². The van der Waals surface area contributed by atoms with Crippen molar-refractivity contribution in [2.75, 3.05) is 20.3 Å². The molecule has 0 saturated carbocycles. The number of carbonyl (C=O) groups is 2. The molecule has 0 saturated heterocycles. The molecule has 1 aromatic heterocycles. The van der Waals surface area contributed by atoms with Gasteiger partial charge >= 0.3 is 11.9 Å². The third-order valence-electron chi connectivity index (χ3n) is 5.78. The maximum absolute atomic E-state index is 13.8. The summed E-state index contributed by atoms with van der Waals surface area (Å²) in [7, 11) is 1.45. The lowest BCUT2D eigenvalue weighted by molar-refractivity contribution is -0.139. The predicted octanol–water partition coefficient (Wildman–Crippen LogP) is 3.13. The van der Waals surface area contributed by atoms with E-state index >= 15 is 0 Å². The quantitative estimate of drug-likeness (QED) is 0.322. The summed E-state index contributed by atoms with van der Waals surface area (Å²) in [6.45, 7) is 7.26. The lowest BCUT2D eigenvalue weighted by Gasteiger charge is -2.25. The van der Waals surface area contributed by atoms with Crippen LogP contribution in [-0.4, -0.2) is 36.8 Å². The van der Waals surface area contributed by atoms with Gasteiger partial charge in [-0.25, -0.2) is 9.79 Å². The Morgan fingerprint density at radius 2 is 1.84 bits per heavy atom. The van der Waals surface area contributed by atoms with Crippen LogP contribution < -0.4 is 29.1 Å². The third-order valence-corrected chi connectivity index (χ3v) is 6.76. The van der Waals surface area contributed by atoms with E-state index in [4.69, 9.17) is 18.9 Å². The minimum absolute atomic E-state index is 0.162. The van der Waals surface area contributed by atoms with E-state index < -0.39 is 18.0 Å². The van der Waals surface area contributed by atoms with Crippen molar-refractivity contribution >= 4 is 29.4 Å². The highest BCUT2D eigenvalue weighted by Crippen LogP contribution is 2.36. The van der Waals surface area contributed by atoms with Gasteiger partial charge in [-0.1, -0.05) is 35.6 Å².